The molecular weight excluding hydrogens is 290 g/mol. The zero-order chi connectivity index (χ0) is 14.0. The molecule has 0 aromatic heterocycles. The number of ketones is 1. The number of rotatable bonds is 4. The predicted octanol–water partition coefficient (Wildman–Crippen LogP) is 2.15. The summed E-state index contributed by atoms with van der Waals surface area (Å²) >= 11 is 0. The van der Waals surface area contributed by atoms with Crippen LogP contribution in [-0.2, 0) is 4.79 Å². The first kappa shape index (κ1) is 14.0. The van der Waals surface area contributed by atoms with Crippen LogP contribution < -0.4 is 15.2 Å². The van der Waals surface area contributed by atoms with Gasteiger partial charge in [-0.25, -0.2) is 0 Å². The zero-order valence-electron chi connectivity index (χ0n) is 10.1. The van der Waals surface area contributed by atoms with Gasteiger partial charge in [-0.1, -0.05) is 0 Å². The molecule has 7 heteroatoms. The van der Waals surface area contributed by atoms with Gasteiger partial charge in [0.05, 0.1) is 18.4 Å². The Morgan fingerprint density at radius 3 is 2.95 bits per heavy atom. The first-order chi connectivity index (χ1) is 9.06. The number of fused-ring (bicyclic) bond motifs is 1. The van der Waals surface area contributed by atoms with Crippen LogP contribution in [0.3, 0.4) is 0 Å². The second-order valence-electron chi connectivity index (χ2n) is 4.08. The highest BCUT2D eigenvalue weighted by molar-refractivity contribution is 8.21. The van der Waals surface area contributed by atoms with Crippen LogP contribution in [0, 0.1) is 0 Å². The van der Waals surface area contributed by atoms with Gasteiger partial charge in [0.25, 0.3) is 0 Å². The summed E-state index contributed by atoms with van der Waals surface area (Å²) in [5.41, 5.74) is 5.50. The minimum absolute atomic E-state index is 0.00518. The lowest BCUT2D eigenvalue weighted by atomic mass is 9.98. The van der Waals surface area contributed by atoms with Crippen LogP contribution in [0.15, 0.2) is 17.0 Å². The van der Waals surface area contributed by atoms with Crippen LogP contribution >= 0.6 is 21.7 Å². The number of methoxy groups -OCH3 is 1. The molecule has 1 aliphatic heterocycles. The summed E-state index contributed by atoms with van der Waals surface area (Å²) in [6.45, 7) is 0. The predicted molar refractivity (Wildman–Crippen MR) is 71.9 cm³/mol. The van der Waals surface area contributed by atoms with Crippen molar-refractivity contribution in [1.82, 2.24) is 0 Å². The lowest BCUT2D eigenvalue weighted by molar-refractivity contribution is -0.119. The zero-order valence-corrected chi connectivity index (χ0v) is 11.7. The van der Waals surface area contributed by atoms with E-state index in [0.29, 0.717) is 22.0 Å². The topological polar surface area (TPSA) is 78.6 Å². The normalized spacial score (nSPS) is 17.6. The lowest BCUT2D eigenvalue weighted by Crippen LogP contribution is -2.31. The Bertz CT molecular complexity index is 535. The Morgan fingerprint density at radius 1 is 1.63 bits per heavy atom. The SMILES string of the molecule is COc1ccc(SCl)c2c1C(=O)CC(CC(N)=O)O2. The van der Waals surface area contributed by atoms with Crippen molar-refractivity contribution in [3.8, 4) is 11.5 Å². The van der Waals surface area contributed by atoms with Crippen molar-refractivity contribution >= 4 is 33.3 Å². The number of hydrogen-bond acceptors (Lipinski definition) is 5. The summed E-state index contributed by atoms with van der Waals surface area (Å²) < 4.78 is 10.8. The van der Waals surface area contributed by atoms with Gasteiger partial charge in [0.2, 0.25) is 5.91 Å². The quantitative estimate of drug-likeness (QED) is 0.922. The summed E-state index contributed by atoms with van der Waals surface area (Å²) in [7, 11) is 8.18. The molecule has 0 radical (unpaired) electrons. The summed E-state index contributed by atoms with van der Waals surface area (Å²) in [5.74, 6) is 0.148. The van der Waals surface area contributed by atoms with E-state index in [1.54, 1.807) is 12.1 Å². The van der Waals surface area contributed by atoms with E-state index in [-0.39, 0.29) is 18.6 Å². The van der Waals surface area contributed by atoms with E-state index in [4.69, 9.17) is 25.9 Å². The second-order valence-corrected chi connectivity index (χ2v) is 5.14. The standard InChI is InChI=1S/C12H12ClNO4S/c1-17-8-2-3-9(19-13)12-11(8)7(15)4-6(18-12)5-10(14)16/h2-3,6H,4-5H2,1H3,(H2,14,16). The molecule has 19 heavy (non-hydrogen) atoms. The largest absolute Gasteiger partial charge is 0.496 e. The van der Waals surface area contributed by atoms with Crippen LogP contribution in [0.1, 0.15) is 23.2 Å². The number of primary amides is 1. The van der Waals surface area contributed by atoms with E-state index in [1.165, 1.54) is 7.11 Å². The molecule has 1 aromatic rings. The molecule has 1 atom stereocenters. The molecule has 1 aliphatic rings. The Balaban J connectivity index is 2.44. The molecule has 102 valence electrons. The molecule has 1 amide bonds. The van der Waals surface area contributed by atoms with Gasteiger partial charge >= 0.3 is 0 Å². The Hall–Kier alpha value is -1.40. The average molecular weight is 302 g/mol. The molecule has 1 heterocycles. The number of Topliss-reactive ketones (excluding diaryl/α,β-unsaturated/α-hetero) is 1. The molecule has 5 nitrogen and oxygen atoms in total. The minimum Gasteiger partial charge on any atom is -0.496 e. The van der Waals surface area contributed by atoms with Gasteiger partial charge in [0.1, 0.15) is 23.2 Å². The third-order valence-electron chi connectivity index (χ3n) is 2.79. The lowest BCUT2D eigenvalue weighted by Gasteiger charge is -2.26. The molecule has 0 saturated carbocycles. The number of nitrogens with two attached hydrogens (primary N) is 1. The molecule has 2 N–H and O–H groups in total. The third kappa shape index (κ3) is 2.79. The molecule has 0 spiro atoms. The van der Waals surface area contributed by atoms with Crippen LogP contribution in [0.4, 0.5) is 0 Å². The van der Waals surface area contributed by atoms with Crippen molar-refractivity contribution in [2.24, 2.45) is 5.73 Å². The fraction of sp³-hybridized carbons (Fsp3) is 0.333. The number of benzene rings is 1. The first-order valence-corrected chi connectivity index (χ1v) is 7.18. The number of halogens is 1. The maximum atomic E-state index is 12.2. The second kappa shape index (κ2) is 5.71. The van der Waals surface area contributed by atoms with Crippen molar-refractivity contribution in [2.75, 3.05) is 7.11 Å². The average Bonchev–Trinajstić information content (AvgIpc) is 2.36. The van der Waals surface area contributed by atoms with Crippen molar-refractivity contribution in [1.29, 1.82) is 0 Å². The maximum Gasteiger partial charge on any atom is 0.221 e. The van der Waals surface area contributed by atoms with Crippen LogP contribution in [0.25, 0.3) is 0 Å². The maximum absolute atomic E-state index is 12.2. The molecular formula is C12H12ClNO4S. The summed E-state index contributed by atoms with van der Waals surface area (Å²) in [4.78, 5) is 23.7. The van der Waals surface area contributed by atoms with E-state index in [9.17, 15) is 9.59 Å². The summed E-state index contributed by atoms with van der Waals surface area (Å²) in [6.07, 6.45) is -0.454. The summed E-state index contributed by atoms with van der Waals surface area (Å²) in [5, 5.41) is 0. The van der Waals surface area contributed by atoms with Gasteiger partial charge in [-0.3, -0.25) is 9.59 Å². The fourth-order valence-electron chi connectivity index (χ4n) is 2.01. The summed E-state index contributed by atoms with van der Waals surface area (Å²) in [6, 6.07) is 3.37. The van der Waals surface area contributed by atoms with Crippen molar-refractivity contribution in [3.05, 3.63) is 17.7 Å². The van der Waals surface area contributed by atoms with E-state index >= 15 is 0 Å². The fourth-order valence-corrected chi connectivity index (χ4v) is 2.72. The highest BCUT2D eigenvalue weighted by Crippen LogP contribution is 2.43. The Labute approximate surface area is 118 Å². The number of hydrogen-bond donors (Lipinski definition) is 1. The van der Waals surface area contributed by atoms with Crippen LogP contribution in [0.2, 0.25) is 0 Å². The Morgan fingerprint density at radius 2 is 2.37 bits per heavy atom. The number of amides is 1. The molecule has 0 saturated heterocycles. The first-order valence-electron chi connectivity index (χ1n) is 5.54. The van der Waals surface area contributed by atoms with Gasteiger partial charge in [0.15, 0.2) is 5.78 Å². The van der Waals surface area contributed by atoms with Gasteiger partial charge in [0, 0.05) is 6.42 Å². The van der Waals surface area contributed by atoms with Gasteiger partial charge in [-0.15, -0.1) is 0 Å². The van der Waals surface area contributed by atoms with Crippen LogP contribution in [-0.4, -0.2) is 24.9 Å². The van der Waals surface area contributed by atoms with Gasteiger partial charge < -0.3 is 15.2 Å². The smallest absolute Gasteiger partial charge is 0.221 e. The Kier molecular flexibility index (Phi) is 4.21. The molecule has 0 aliphatic carbocycles. The molecule has 1 aromatic carbocycles. The van der Waals surface area contributed by atoms with Gasteiger partial charge in [-0.05, 0) is 33.8 Å². The van der Waals surface area contributed by atoms with Crippen molar-refractivity contribution < 1.29 is 19.1 Å². The monoisotopic (exact) mass is 301 g/mol. The van der Waals surface area contributed by atoms with Crippen molar-refractivity contribution in [2.45, 2.75) is 23.8 Å². The van der Waals surface area contributed by atoms with Crippen molar-refractivity contribution in [3.63, 3.8) is 0 Å². The number of carbonyl (C=O) groups is 2. The third-order valence-corrected chi connectivity index (χ3v) is 3.78. The highest BCUT2D eigenvalue weighted by atomic mass is 35.7. The van der Waals surface area contributed by atoms with E-state index in [2.05, 4.69) is 0 Å². The highest BCUT2D eigenvalue weighted by Gasteiger charge is 2.32. The van der Waals surface area contributed by atoms with Crippen LogP contribution in [0.5, 0.6) is 11.5 Å². The molecule has 1 unspecified atom stereocenters. The van der Waals surface area contributed by atoms with Gasteiger partial charge in [-0.2, -0.15) is 0 Å². The molecule has 0 bridgehead atoms. The molecule has 0 fully saturated rings. The van der Waals surface area contributed by atoms with E-state index in [1.807, 2.05) is 0 Å². The van der Waals surface area contributed by atoms with E-state index in [0.717, 1.165) is 11.0 Å². The molecule has 2 rings (SSSR count). The number of ether oxygens (including phenoxy) is 2. The number of carbonyl (C=O) groups excluding carboxylic acids is 2. The minimum atomic E-state index is -0.549. The van der Waals surface area contributed by atoms with E-state index < -0.39 is 12.0 Å².